The number of benzene rings is 1. The Hall–Kier alpha value is -2.08. The number of hydrogen-bond donors (Lipinski definition) is 0. The molecule has 0 unspecified atom stereocenters. The zero-order chi connectivity index (χ0) is 18.6. The van der Waals surface area contributed by atoms with E-state index in [9.17, 15) is 9.59 Å². The van der Waals surface area contributed by atoms with Crippen molar-refractivity contribution >= 4 is 12.1 Å². The first-order valence-corrected chi connectivity index (χ1v) is 9.48. The van der Waals surface area contributed by atoms with Gasteiger partial charge in [0.25, 0.3) is 0 Å². The number of carbonyl (C=O) groups is 2. The molecule has 0 spiro atoms. The van der Waals surface area contributed by atoms with Crippen LogP contribution in [0.5, 0.6) is 0 Å². The lowest BCUT2D eigenvalue weighted by Gasteiger charge is -2.31. The number of amides is 3. The van der Waals surface area contributed by atoms with Gasteiger partial charge < -0.3 is 14.4 Å². The van der Waals surface area contributed by atoms with Crippen LogP contribution in [0.25, 0.3) is 0 Å². The zero-order valence-corrected chi connectivity index (χ0v) is 15.7. The first kappa shape index (κ1) is 20.2. The van der Waals surface area contributed by atoms with E-state index in [1.165, 1.54) is 4.90 Å². The van der Waals surface area contributed by atoms with E-state index in [1.807, 2.05) is 30.3 Å². The number of methoxy groups -OCH3 is 1. The Morgan fingerprint density at radius 1 is 1.00 bits per heavy atom. The maximum absolute atomic E-state index is 12.9. The molecule has 3 amide bonds. The molecule has 0 N–H and O–H groups in total. The molecule has 1 aliphatic heterocycles. The number of rotatable bonds is 8. The topological polar surface area (TPSA) is 59.1 Å². The largest absolute Gasteiger partial charge is 0.449 e. The molecule has 0 aromatic heterocycles. The summed E-state index contributed by atoms with van der Waals surface area (Å²) in [4.78, 5) is 28.4. The van der Waals surface area contributed by atoms with Gasteiger partial charge in [-0.25, -0.2) is 14.5 Å². The lowest BCUT2D eigenvalue weighted by molar-refractivity contribution is 0.0914. The highest BCUT2D eigenvalue weighted by Crippen LogP contribution is 2.15. The van der Waals surface area contributed by atoms with Crippen molar-refractivity contribution in [3.05, 3.63) is 35.9 Å². The van der Waals surface area contributed by atoms with Gasteiger partial charge in [0.1, 0.15) is 0 Å². The predicted octanol–water partition coefficient (Wildman–Crippen LogP) is 4.05. The van der Waals surface area contributed by atoms with Crippen LogP contribution in [0.4, 0.5) is 9.59 Å². The van der Waals surface area contributed by atoms with E-state index in [0.29, 0.717) is 26.3 Å². The average molecular weight is 362 g/mol. The molecule has 144 valence electrons. The van der Waals surface area contributed by atoms with Crippen molar-refractivity contribution in [3.63, 3.8) is 0 Å². The maximum atomic E-state index is 12.9. The zero-order valence-electron chi connectivity index (χ0n) is 15.7. The van der Waals surface area contributed by atoms with Crippen molar-refractivity contribution in [2.45, 2.75) is 45.1 Å². The molecule has 0 radical (unpaired) electrons. The third kappa shape index (κ3) is 6.67. The van der Waals surface area contributed by atoms with Gasteiger partial charge in [0.15, 0.2) is 0 Å². The van der Waals surface area contributed by atoms with Crippen LogP contribution >= 0.6 is 0 Å². The summed E-state index contributed by atoms with van der Waals surface area (Å²) in [6.45, 7) is 2.67. The van der Waals surface area contributed by atoms with E-state index in [2.05, 4.69) is 0 Å². The van der Waals surface area contributed by atoms with Crippen molar-refractivity contribution in [1.82, 2.24) is 9.80 Å². The molecule has 0 bridgehead atoms. The maximum Gasteiger partial charge on any atom is 0.418 e. The normalized spacial score (nSPS) is 14.1. The molecule has 6 heteroatoms. The summed E-state index contributed by atoms with van der Waals surface area (Å²) in [5.74, 6) is 0. The van der Waals surface area contributed by atoms with Gasteiger partial charge >= 0.3 is 12.1 Å². The van der Waals surface area contributed by atoms with Crippen LogP contribution in [-0.4, -0.2) is 55.3 Å². The number of urea groups is 1. The molecule has 1 aromatic rings. The molecule has 0 saturated carbocycles. The number of hydrogen-bond acceptors (Lipinski definition) is 4. The summed E-state index contributed by atoms with van der Waals surface area (Å²) in [5, 5.41) is 0. The molecule has 0 aliphatic carbocycles. The van der Waals surface area contributed by atoms with Crippen LogP contribution in [0, 0.1) is 0 Å². The van der Waals surface area contributed by atoms with Crippen molar-refractivity contribution in [2.24, 2.45) is 0 Å². The summed E-state index contributed by atoms with van der Waals surface area (Å²) in [5.41, 5.74) is 0.912. The quantitative estimate of drug-likeness (QED) is 0.655. The smallest absolute Gasteiger partial charge is 0.418 e. The van der Waals surface area contributed by atoms with Crippen LogP contribution < -0.4 is 0 Å². The van der Waals surface area contributed by atoms with Crippen LogP contribution in [0.3, 0.4) is 0 Å². The van der Waals surface area contributed by atoms with Crippen molar-refractivity contribution in [2.75, 3.05) is 33.4 Å². The van der Waals surface area contributed by atoms with E-state index in [-0.39, 0.29) is 12.6 Å². The molecule has 1 heterocycles. The average Bonchev–Trinajstić information content (AvgIpc) is 2.69. The van der Waals surface area contributed by atoms with E-state index in [1.54, 1.807) is 12.0 Å². The minimum absolute atomic E-state index is 0.235. The highest BCUT2D eigenvalue weighted by atomic mass is 16.6. The first-order valence-electron chi connectivity index (χ1n) is 9.48. The number of nitrogens with zero attached hydrogens (tertiary/aromatic N) is 2. The summed E-state index contributed by atoms with van der Waals surface area (Å²) in [6, 6.07) is 9.29. The number of piperidine rings is 1. The van der Waals surface area contributed by atoms with Crippen molar-refractivity contribution < 1.29 is 19.1 Å². The molecule has 1 aromatic carbocycles. The highest BCUT2D eigenvalue weighted by Gasteiger charge is 2.28. The lowest BCUT2D eigenvalue weighted by Crippen LogP contribution is -2.47. The van der Waals surface area contributed by atoms with Gasteiger partial charge in [-0.2, -0.15) is 0 Å². The van der Waals surface area contributed by atoms with E-state index >= 15 is 0 Å². The van der Waals surface area contributed by atoms with E-state index in [0.717, 1.165) is 44.1 Å². The minimum Gasteiger partial charge on any atom is -0.449 e. The van der Waals surface area contributed by atoms with Gasteiger partial charge in [-0.15, -0.1) is 0 Å². The molecular formula is C20H30N2O4. The van der Waals surface area contributed by atoms with Gasteiger partial charge in [-0.05, 0) is 44.1 Å². The molecule has 0 atom stereocenters. The molecule has 1 fully saturated rings. The second-order valence-electron chi connectivity index (χ2n) is 6.57. The summed E-state index contributed by atoms with van der Waals surface area (Å²) < 4.78 is 10.4. The third-order valence-corrected chi connectivity index (χ3v) is 4.48. The molecule has 2 rings (SSSR count). The minimum atomic E-state index is -0.559. The Kier molecular flexibility index (Phi) is 8.96. The Labute approximate surface area is 156 Å². The Morgan fingerprint density at radius 2 is 1.69 bits per heavy atom. The molecular weight excluding hydrogens is 332 g/mol. The fraction of sp³-hybridized carbons (Fsp3) is 0.600. The fourth-order valence-corrected chi connectivity index (χ4v) is 2.99. The van der Waals surface area contributed by atoms with Crippen LogP contribution in [0.15, 0.2) is 30.3 Å². The number of carbonyl (C=O) groups excluding carboxylic acids is 2. The number of likely N-dealkylation sites (tertiary alicyclic amines) is 1. The number of unbranched alkanes of at least 4 members (excludes halogenated alkanes) is 2. The second kappa shape index (κ2) is 11.5. The summed E-state index contributed by atoms with van der Waals surface area (Å²) in [6.07, 6.45) is 5.18. The third-order valence-electron chi connectivity index (χ3n) is 4.48. The first-order chi connectivity index (χ1) is 12.7. The molecule has 26 heavy (non-hydrogen) atoms. The Bertz CT molecular complexity index is 544. The molecule has 1 saturated heterocycles. The van der Waals surface area contributed by atoms with Gasteiger partial charge in [0.05, 0.1) is 13.2 Å². The molecule has 1 aliphatic rings. The Morgan fingerprint density at radius 3 is 2.38 bits per heavy atom. The number of ether oxygens (including phenoxy) is 2. The van der Waals surface area contributed by atoms with Crippen molar-refractivity contribution in [3.8, 4) is 0 Å². The van der Waals surface area contributed by atoms with Gasteiger partial charge in [0, 0.05) is 26.8 Å². The predicted molar refractivity (Wildman–Crippen MR) is 99.9 cm³/mol. The second-order valence-corrected chi connectivity index (χ2v) is 6.57. The standard InChI is InChI=1S/C20H30N2O4/c1-25-15-9-4-10-16-26-20(24)22(17-18-11-5-2-6-12-18)19(23)21-13-7-3-8-14-21/h2,5-6,11-12H,3-4,7-10,13-17H2,1H3. The highest BCUT2D eigenvalue weighted by molar-refractivity contribution is 5.90. The Balaban J connectivity index is 1.92. The van der Waals surface area contributed by atoms with Gasteiger partial charge in [-0.3, -0.25) is 0 Å². The monoisotopic (exact) mass is 362 g/mol. The lowest BCUT2D eigenvalue weighted by atomic mass is 10.1. The van der Waals surface area contributed by atoms with Crippen LogP contribution in [0.2, 0.25) is 0 Å². The van der Waals surface area contributed by atoms with Gasteiger partial charge in [-0.1, -0.05) is 30.3 Å². The fourth-order valence-electron chi connectivity index (χ4n) is 2.99. The van der Waals surface area contributed by atoms with Crippen molar-refractivity contribution in [1.29, 1.82) is 0 Å². The van der Waals surface area contributed by atoms with E-state index < -0.39 is 6.09 Å². The van der Waals surface area contributed by atoms with Gasteiger partial charge in [0.2, 0.25) is 0 Å². The summed E-state index contributed by atoms with van der Waals surface area (Å²) >= 11 is 0. The van der Waals surface area contributed by atoms with Crippen LogP contribution in [-0.2, 0) is 16.0 Å². The summed E-state index contributed by atoms with van der Waals surface area (Å²) in [7, 11) is 1.67. The van der Waals surface area contributed by atoms with E-state index in [4.69, 9.17) is 9.47 Å². The SMILES string of the molecule is COCCCCCOC(=O)N(Cc1ccccc1)C(=O)N1CCCCC1. The number of imide groups is 1. The molecule has 6 nitrogen and oxygen atoms in total. The van der Waals surface area contributed by atoms with Crippen LogP contribution in [0.1, 0.15) is 44.1 Å².